The van der Waals surface area contributed by atoms with Crippen LogP contribution < -0.4 is 5.32 Å². The second-order valence-corrected chi connectivity index (χ2v) is 3.26. The van der Waals surface area contributed by atoms with Gasteiger partial charge >= 0.3 is 0 Å². The fraction of sp³-hybridized carbons (Fsp3) is 0.857. The van der Waals surface area contributed by atoms with Crippen molar-refractivity contribution in [1.29, 1.82) is 0 Å². The Morgan fingerprint density at radius 2 is 1.91 bits per heavy atom. The van der Waals surface area contributed by atoms with Crippen LogP contribution in [0.5, 0.6) is 0 Å². The summed E-state index contributed by atoms with van der Waals surface area (Å²) in [5.74, 6) is 0.651. The highest BCUT2D eigenvalue weighted by atomic mass is 35.5. The number of amides is 1. The van der Waals surface area contributed by atoms with E-state index in [1.807, 2.05) is 6.92 Å². The number of carbonyl (C=O) groups excluding carboxylic acids is 1. The van der Waals surface area contributed by atoms with Crippen LogP contribution in [0.3, 0.4) is 0 Å². The molecule has 0 saturated carbocycles. The number of hydrogen-bond donors (Lipinski definition) is 1. The summed E-state index contributed by atoms with van der Waals surface area (Å²) in [5, 5.41) is 2.74. The van der Waals surface area contributed by atoms with E-state index in [-0.39, 0.29) is 5.91 Å². The second kappa shape index (κ2) is 4.83. The van der Waals surface area contributed by atoms with E-state index >= 15 is 0 Å². The highest BCUT2D eigenvalue weighted by molar-refractivity contribution is 6.22. The van der Waals surface area contributed by atoms with E-state index in [1.165, 1.54) is 0 Å². The first-order valence-electron chi connectivity index (χ1n) is 3.51. The SMILES string of the molecule is CCC(=O)NC(C)(CCl)CCl. The monoisotopic (exact) mass is 197 g/mol. The number of hydrogen-bond acceptors (Lipinski definition) is 1. The van der Waals surface area contributed by atoms with E-state index < -0.39 is 5.54 Å². The molecule has 2 nitrogen and oxygen atoms in total. The first kappa shape index (κ1) is 11.1. The summed E-state index contributed by atoms with van der Waals surface area (Å²) in [6.45, 7) is 3.61. The van der Waals surface area contributed by atoms with Gasteiger partial charge in [-0.2, -0.15) is 0 Å². The highest BCUT2D eigenvalue weighted by Crippen LogP contribution is 2.08. The van der Waals surface area contributed by atoms with Crippen LogP contribution in [0.15, 0.2) is 0 Å². The van der Waals surface area contributed by atoms with Crippen molar-refractivity contribution < 1.29 is 4.79 Å². The number of alkyl halides is 2. The molecule has 0 aromatic rings. The average Bonchev–Trinajstić information content (AvgIpc) is 2.04. The molecule has 11 heavy (non-hydrogen) atoms. The lowest BCUT2D eigenvalue weighted by molar-refractivity contribution is -0.122. The van der Waals surface area contributed by atoms with Gasteiger partial charge in [0.25, 0.3) is 0 Å². The van der Waals surface area contributed by atoms with E-state index in [0.717, 1.165) is 0 Å². The van der Waals surface area contributed by atoms with Crippen molar-refractivity contribution in [3.8, 4) is 0 Å². The molecule has 0 aliphatic rings. The molecule has 0 aliphatic carbocycles. The summed E-state index contributed by atoms with van der Waals surface area (Å²) in [5.41, 5.74) is -0.462. The predicted octanol–water partition coefficient (Wildman–Crippen LogP) is 1.75. The van der Waals surface area contributed by atoms with Crippen molar-refractivity contribution in [2.24, 2.45) is 0 Å². The topological polar surface area (TPSA) is 29.1 Å². The lowest BCUT2D eigenvalue weighted by atomic mass is 10.1. The van der Waals surface area contributed by atoms with Crippen LogP contribution in [-0.2, 0) is 4.79 Å². The van der Waals surface area contributed by atoms with E-state index in [4.69, 9.17) is 23.2 Å². The number of carbonyl (C=O) groups is 1. The fourth-order valence-electron chi connectivity index (χ4n) is 0.528. The van der Waals surface area contributed by atoms with Crippen molar-refractivity contribution in [2.45, 2.75) is 25.8 Å². The van der Waals surface area contributed by atoms with Gasteiger partial charge in [-0.15, -0.1) is 23.2 Å². The van der Waals surface area contributed by atoms with Crippen LogP contribution >= 0.6 is 23.2 Å². The number of nitrogens with one attached hydrogen (secondary N) is 1. The van der Waals surface area contributed by atoms with Crippen molar-refractivity contribution in [2.75, 3.05) is 11.8 Å². The first-order chi connectivity index (χ1) is 5.08. The fourth-order valence-corrected chi connectivity index (χ4v) is 0.947. The third-order valence-corrected chi connectivity index (χ3v) is 2.53. The van der Waals surface area contributed by atoms with Gasteiger partial charge in [0.05, 0.1) is 5.54 Å². The van der Waals surface area contributed by atoms with Crippen LogP contribution in [-0.4, -0.2) is 23.2 Å². The largest absolute Gasteiger partial charge is 0.349 e. The van der Waals surface area contributed by atoms with E-state index in [9.17, 15) is 4.79 Å². The van der Waals surface area contributed by atoms with Gasteiger partial charge in [-0.25, -0.2) is 0 Å². The molecule has 0 rings (SSSR count). The zero-order valence-electron chi connectivity index (χ0n) is 6.79. The van der Waals surface area contributed by atoms with Gasteiger partial charge < -0.3 is 5.32 Å². The molecule has 66 valence electrons. The summed E-state index contributed by atoms with van der Waals surface area (Å²) < 4.78 is 0. The van der Waals surface area contributed by atoms with Gasteiger partial charge in [-0.05, 0) is 6.92 Å². The molecular weight excluding hydrogens is 185 g/mol. The molecule has 0 heterocycles. The summed E-state index contributed by atoms with van der Waals surface area (Å²) in [6, 6.07) is 0. The molecule has 0 aliphatic heterocycles. The average molecular weight is 198 g/mol. The number of rotatable bonds is 4. The van der Waals surface area contributed by atoms with Crippen LogP contribution in [0.4, 0.5) is 0 Å². The molecule has 0 radical (unpaired) electrons. The lowest BCUT2D eigenvalue weighted by Crippen LogP contribution is -2.48. The normalized spacial score (nSPS) is 11.3. The summed E-state index contributed by atoms with van der Waals surface area (Å²) in [6.07, 6.45) is 0.462. The van der Waals surface area contributed by atoms with Gasteiger partial charge in [0.2, 0.25) is 5.91 Å². The molecule has 0 fully saturated rings. The minimum Gasteiger partial charge on any atom is -0.349 e. The molecule has 0 aromatic heterocycles. The Hall–Kier alpha value is 0.0500. The Morgan fingerprint density at radius 1 is 1.45 bits per heavy atom. The minimum atomic E-state index is -0.462. The standard InChI is InChI=1S/C7H13Cl2NO/c1-3-6(11)10-7(2,4-8)5-9/h3-5H2,1-2H3,(H,10,11). The Labute approximate surface area is 77.2 Å². The molecule has 0 bridgehead atoms. The molecule has 1 amide bonds. The molecule has 0 aromatic carbocycles. The molecular formula is C7H13Cl2NO. The maximum atomic E-state index is 10.9. The lowest BCUT2D eigenvalue weighted by Gasteiger charge is -2.25. The smallest absolute Gasteiger partial charge is 0.220 e. The third kappa shape index (κ3) is 3.82. The molecule has 0 atom stereocenters. The second-order valence-electron chi connectivity index (χ2n) is 2.73. The molecule has 4 heteroatoms. The van der Waals surface area contributed by atoms with Crippen molar-refractivity contribution in [1.82, 2.24) is 5.32 Å². The Balaban J connectivity index is 3.96. The van der Waals surface area contributed by atoms with Crippen LogP contribution in [0.1, 0.15) is 20.3 Å². The van der Waals surface area contributed by atoms with Crippen LogP contribution in [0.2, 0.25) is 0 Å². The van der Waals surface area contributed by atoms with E-state index in [1.54, 1.807) is 6.92 Å². The zero-order chi connectivity index (χ0) is 8.91. The Morgan fingerprint density at radius 3 is 2.18 bits per heavy atom. The maximum Gasteiger partial charge on any atom is 0.220 e. The van der Waals surface area contributed by atoms with Crippen LogP contribution in [0.25, 0.3) is 0 Å². The Bertz CT molecular complexity index is 134. The van der Waals surface area contributed by atoms with Crippen molar-refractivity contribution in [3.05, 3.63) is 0 Å². The number of halogens is 2. The minimum absolute atomic E-state index is 0.0196. The van der Waals surface area contributed by atoms with Crippen molar-refractivity contribution >= 4 is 29.1 Å². The highest BCUT2D eigenvalue weighted by Gasteiger charge is 2.23. The third-order valence-electron chi connectivity index (χ3n) is 1.35. The van der Waals surface area contributed by atoms with Crippen molar-refractivity contribution in [3.63, 3.8) is 0 Å². The molecule has 0 unspecified atom stereocenters. The van der Waals surface area contributed by atoms with Gasteiger partial charge in [0.1, 0.15) is 0 Å². The summed E-state index contributed by atoms with van der Waals surface area (Å²) in [4.78, 5) is 10.9. The van der Waals surface area contributed by atoms with Gasteiger partial charge in [-0.3, -0.25) is 4.79 Å². The Kier molecular flexibility index (Phi) is 4.86. The molecule has 0 saturated heterocycles. The van der Waals surface area contributed by atoms with Crippen LogP contribution in [0, 0.1) is 0 Å². The maximum absolute atomic E-state index is 10.9. The molecule has 1 N–H and O–H groups in total. The van der Waals surface area contributed by atoms with Gasteiger partial charge in [-0.1, -0.05) is 6.92 Å². The zero-order valence-corrected chi connectivity index (χ0v) is 8.30. The molecule has 0 spiro atoms. The van der Waals surface area contributed by atoms with Gasteiger partial charge in [0, 0.05) is 18.2 Å². The summed E-state index contributed by atoms with van der Waals surface area (Å²) >= 11 is 11.2. The van der Waals surface area contributed by atoms with E-state index in [0.29, 0.717) is 18.2 Å². The van der Waals surface area contributed by atoms with Gasteiger partial charge in [0.15, 0.2) is 0 Å². The summed E-state index contributed by atoms with van der Waals surface area (Å²) in [7, 11) is 0. The first-order valence-corrected chi connectivity index (χ1v) is 4.58. The predicted molar refractivity (Wildman–Crippen MR) is 48.3 cm³/mol. The quantitative estimate of drug-likeness (QED) is 0.685. The van der Waals surface area contributed by atoms with E-state index in [2.05, 4.69) is 5.32 Å².